The molecule has 0 aliphatic carbocycles. The average Bonchev–Trinajstić information content (AvgIpc) is 2.45. The van der Waals surface area contributed by atoms with Crippen LogP contribution in [0, 0.1) is 13.8 Å². The molecule has 104 valence electrons. The molecule has 0 saturated heterocycles. The van der Waals surface area contributed by atoms with E-state index >= 15 is 0 Å². The van der Waals surface area contributed by atoms with Gasteiger partial charge >= 0.3 is 6.03 Å². The predicted molar refractivity (Wildman–Crippen MR) is 86.8 cm³/mol. The van der Waals surface area contributed by atoms with Crippen LogP contribution in [-0.2, 0) is 0 Å². The van der Waals surface area contributed by atoms with E-state index in [9.17, 15) is 4.79 Å². The molecular weight excluding hydrogens is 268 g/mol. The van der Waals surface area contributed by atoms with Crippen molar-refractivity contribution in [1.29, 1.82) is 0 Å². The van der Waals surface area contributed by atoms with Crippen LogP contribution in [0.5, 0.6) is 0 Å². The number of thioether (sulfide) groups is 1. The van der Waals surface area contributed by atoms with Crippen molar-refractivity contribution in [2.45, 2.75) is 18.7 Å². The first-order valence-corrected chi connectivity index (χ1v) is 7.61. The van der Waals surface area contributed by atoms with E-state index in [0.29, 0.717) is 0 Å². The fraction of sp³-hybridized carbons (Fsp3) is 0.188. The Balaban J connectivity index is 2.03. The fourth-order valence-electron chi connectivity index (χ4n) is 1.85. The first kappa shape index (κ1) is 14.5. The minimum Gasteiger partial charge on any atom is -0.308 e. The van der Waals surface area contributed by atoms with Gasteiger partial charge in [0.15, 0.2) is 0 Å². The second-order valence-electron chi connectivity index (χ2n) is 4.56. The Morgan fingerprint density at radius 2 is 1.70 bits per heavy atom. The van der Waals surface area contributed by atoms with Gasteiger partial charge < -0.3 is 10.6 Å². The minimum atomic E-state index is -0.226. The summed E-state index contributed by atoms with van der Waals surface area (Å²) in [6.07, 6.45) is 2.02. The van der Waals surface area contributed by atoms with Crippen LogP contribution >= 0.6 is 11.8 Å². The zero-order valence-corrected chi connectivity index (χ0v) is 12.7. The molecule has 20 heavy (non-hydrogen) atoms. The summed E-state index contributed by atoms with van der Waals surface area (Å²) in [6.45, 7) is 4.03. The molecule has 2 rings (SSSR count). The molecule has 0 saturated carbocycles. The zero-order valence-electron chi connectivity index (χ0n) is 11.9. The third-order valence-corrected chi connectivity index (χ3v) is 3.94. The highest BCUT2D eigenvalue weighted by Crippen LogP contribution is 2.20. The molecule has 0 aromatic heterocycles. The number of anilines is 2. The summed E-state index contributed by atoms with van der Waals surface area (Å²) >= 11 is 1.67. The summed E-state index contributed by atoms with van der Waals surface area (Å²) in [4.78, 5) is 13.1. The topological polar surface area (TPSA) is 41.1 Å². The van der Waals surface area contributed by atoms with Crippen molar-refractivity contribution in [1.82, 2.24) is 0 Å². The molecule has 0 unspecified atom stereocenters. The lowest BCUT2D eigenvalue weighted by atomic mass is 10.1. The zero-order chi connectivity index (χ0) is 14.5. The van der Waals surface area contributed by atoms with Crippen molar-refractivity contribution in [2.24, 2.45) is 0 Å². The van der Waals surface area contributed by atoms with E-state index in [1.165, 1.54) is 4.90 Å². The largest absolute Gasteiger partial charge is 0.323 e. The van der Waals surface area contributed by atoms with Gasteiger partial charge in [-0.25, -0.2) is 4.79 Å². The minimum absolute atomic E-state index is 0.226. The number of rotatable bonds is 3. The Bertz CT molecular complexity index is 608. The van der Waals surface area contributed by atoms with Gasteiger partial charge in [0.1, 0.15) is 0 Å². The molecule has 0 radical (unpaired) electrons. The second-order valence-corrected chi connectivity index (χ2v) is 5.43. The van der Waals surface area contributed by atoms with Crippen LogP contribution in [0.1, 0.15) is 11.1 Å². The molecule has 0 spiro atoms. The third-order valence-electron chi connectivity index (χ3n) is 3.20. The number of hydrogen-bond donors (Lipinski definition) is 2. The highest BCUT2D eigenvalue weighted by molar-refractivity contribution is 7.98. The molecule has 0 aliphatic heterocycles. The maximum Gasteiger partial charge on any atom is 0.323 e. The van der Waals surface area contributed by atoms with E-state index in [4.69, 9.17) is 0 Å². The number of hydrogen-bond acceptors (Lipinski definition) is 2. The third kappa shape index (κ3) is 3.54. The van der Waals surface area contributed by atoms with Gasteiger partial charge in [-0.1, -0.05) is 12.1 Å². The van der Waals surface area contributed by atoms with Gasteiger partial charge in [-0.3, -0.25) is 0 Å². The Labute approximate surface area is 123 Å². The monoisotopic (exact) mass is 286 g/mol. The van der Waals surface area contributed by atoms with Gasteiger partial charge in [0.2, 0.25) is 0 Å². The standard InChI is InChI=1S/C16H18N2OS/c1-11-5-4-6-15(12(11)2)18-16(19)17-13-7-9-14(20-3)10-8-13/h4-10H,1-3H3,(H2,17,18,19). The quantitative estimate of drug-likeness (QED) is 0.805. The number of carbonyl (C=O) groups excluding carboxylic acids is 1. The molecule has 0 fully saturated rings. The van der Waals surface area contributed by atoms with Crippen molar-refractivity contribution in [3.63, 3.8) is 0 Å². The van der Waals surface area contributed by atoms with E-state index in [0.717, 1.165) is 22.5 Å². The van der Waals surface area contributed by atoms with Crippen LogP contribution in [0.3, 0.4) is 0 Å². The summed E-state index contributed by atoms with van der Waals surface area (Å²) in [5, 5.41) is 5.70. The van der Waals surface area contributed by atoms with Gasteiger partial charge in [0.05, 0.1) is 0 Å². The molecule has 4 heteroatoms. The molecule has 0 atom stereocenters. The first-order chi connectivity index (χ1) is 9.60. The summed E-state index contributed by atoms with van der Waals surface area (Å²) < 4.78 is 0. The van der Waals surface area contributed by atoms with Crippen molar-refractivity contribution >= 4 is 29.2 Å². The maximum atomic E-state index is 12.0. The van der Waals surface area contributed by atoms with Crippen LogP contribution in [0.25, 0.3) is 0 Å². The van der Waals surface area contributed by atoms with Gasteiger partial charge in [-0.05, 0) is 61.6 Å². The predicted octanol–water partition coefficient (Wildman–Crippen LogP) is 4.67. The van der Waals surface area contributed by atoms with Crippen molar-refractivity contribution in [3.05, 3.63) is 53.6 Å². The fourth-order valence-corrected chi connectivity index (χ4v) is 2.25. The van der Waals surface area contributed by atoms with E-state index in [1.807, 2.05) is 62.6 Å². The maximum absolute atomic E-state index is 12.0. The number of benzene rings is 2. The number of amides is 2. The Morgan fingerprint density at radius 3 is 2.35 bits per heavy atom. The SMILES string of the molecule is CSc1ccc(NC(=O)Nc2cccc(C)c2C)cc1. The Morgan fingerprint density at radius 1 is 1.00 bits per heavy atom. The van der Waals surface area contributed by atoms with E-state index in [2.05, 4.69) is 10.6 Å². The van der Waals surface area contributed by atoms with Crippen LogP contribution < -0.4 is 10.6 Å². The number of nitrogens with one attached hydrogen (secondary N) is 2. The Hall–Kier alpha value is -1.94. The molecule has 0 bridgehead atoms. The molecule has 2 N–H and O–H groups in total. The van der Waals surface area contributed by atoms with Gasteiger partial charge in [-0.2, -0.15) is 0 Å². The molecule has 2 amide bonds. The second kappa shape index (κ2) is 6.48. The number of urea groups is 1. The van der Waals surface area contributed by atoms with Gasteiger partial charge in [0, 0.05) is 16.3 Å². The highest BCUT2D eigenvalue weighted by Gasteiger charge is 2.06. The summed E-state index contributed by atoms with van der Waals surface area (Å²) in [5.41, 5.74) is 3.86. The lowest BCUT2D eigenvalue weighted by molar-refractivity contribution is 0.262. The summed E-state index contributed by atoms with van der Waals surface area (Å²) in [7, 11) is 0. The van der Waals surface area contributed by atoms with Gasteiger partial charge in [-0.15, -0.1) is 11.8 Å². The molecule has 3 nitrogen and oxygen atoms in total. The van der Waals surface area contributed by atoms with E-state index in [1.54, 1.807) is 11.8 Å². The molecular formula is C16H18N2OS. The molecule has 0 heterocycles. The number of carbonyl (C=O) groups is 1. The average molecular weight is 286 g/mol. The Kier molecular flexibility index (Phi) is 4.69. The van der Waals surface area contributed by atoms with E-state index in [-0.39, 0.29) is 6.03 Å². The smallest absolute Gasteiger partial charge is 0.308 e. The van der Waals surface area contributed by atoms with Crippen molar-refractivity contribution in [2.75, 3.05) is 16.9 Å². The summed E-state index contributed by atoms with van der Waals surface area (Å²) in [6, 6.07) is 13.4. The molecule has 2 aromatic rings. The lowest BCUT2D eigenvalue weighted by Crippen LogP contribution is -2.20. The lowest BCUT2D eigenvalue weighted by Gasteiger charge is -2.11. The van der Waals surface area contributed by atoms with Crippen LogP contribution in [0.2, 0.25) is 0 Å². The normalized spacial score (nSPS) is 10.2. The van der Waals surface area contributed by atoms with Crippen LogP contribution in [0.15, 0.2) is 47.4 Å². The number of aryl methyl sites for hydroxylation is 1. The van der Waals surface area contributed by atoms with E-state index < -0.39 is 0 Å². The molecule has 0 aliphatic rings. The van der Waals surface area contributed by atoms with Gasteiger partial charge in [0.25, 0.3) is 0 Å². The molecule has 2 aromatic carbocycles. The van der Waals surface area contributed by atoms with Crippen LogP contribution in [0.4, 0.5) is 16.2 Å². The first-order valence-electron chi connectivity index (χ1n) is 6.38. The van der Waals surface area contributed by atoms with Crippen molar-refractivity contribution < 1.29 is 4.79 Å². The van der Waals surface area contributed by atoms with Crippen LogP contribution in [-0.4, -0.2) is 12.3 Å². The summed E-state index contributed by atoms with van der Waals surface area (Å²) in [5.74, 6) is 0. The van der Waals surface area contributed by atoms with Crippen molar-refractivity contribution in [3.8, 4) is 0 Å². The highest BCUT2D eigenvalue weighted by atomic mass is 32.2.